The number of nitrogens with two attached hydrogens (primary N) is 1. The molecule has 4 nitrogen and oxygen atoms in total. The molecule has 0 spiro atoms. The van der Waals surface area contributed by atoms with Gasteiger partial charge in [0, 0.05) is 19.1 Å². The molecule has 1 aliphatic heterocycles. The van der Waals surface area contributed by atoms with E-state index in [0.29, 0.717) is 13.1 Å². The maximum absolute atomic E-state index is 11.6. The van der Waals surface area contributed by atoms with Crippen LogP contribution in [0.3, 0.4) is 0 Å². The molecule has 0 bridgehead atoms. The minimum atomic E-state index is -3.03. The summed E-state index contributed by atoms with van der Waals surface area (Å²) in [5, 5.41) is 0. The van der Waals surface area contributed by atoms with Crippen LogP contribution in [0.2, 0.25) is 0 Å². The van der Waals surface area contributed by atoms with E-state index in [-0.39, 0.29) is 11.8 Å². The van der Waals surface area contributed by atoms with Crippen molar-refractivity contribution >= 4 is 10.0 Å². The number of nitrogens with zero attached hydrogens (tertiary/aromatic N) is 1. The Morgan fingerprint density at radius 1 is 1.46 bits per heavy atom. The SMILES string of the molecule is CCS(=O)(=O)N1CCCCC1CN. The molecular weight excluding hydrogens is 188 g/mol. The summed E-state index contributed by atoms with van der Waals surface area (Å²) < 4.78 is 24.8. The van der Waals surface area contributed by atoms with E-state index in [1.807, 2.05) is 0 Å². The van der Waals surface area contributed by atoms with Crippen molar-refractivity contribution < 1.29 is 8.42 Å². The quantitative estimate of drug-likeness (QED) is 0.715. The molecule has 78 valence electrons. The zero-order chi connectivity index (χ0) is 9.90. The number of sulfonamides is 1. The smallest absolute Gasteiger partial charge is 0.214 e. The van der Waals surface area contributed by atoms with Crippen LogP contribution in [0, 0.1) is 0 Å². The minimum Gasteiger partial charge on any atom is -0.329 e. The molecule has 1 rings (SSSR count). The summed E-state index contributed by atoms with van der Waals surface area (Å²) in [4.78, 5) is 0. The largest absolute Gasteiger partial charge is 0.329 e. The summed E-state index contributed by atoms with van der Waals surface area (Å²) in [6.45, 7) is 2.77. The Balaban J connectivity index is 2.75. The van der Waals surface area contributed by atoms with Crippen molar-refractivity contribution in [1.82, 2.24) is 4.31 Å². The molecule has 1 atom stereocenters. The molecule has 0 saturated carbocycles. The minimum absolute atomic E-state index is 0.0405. The summed E-state index contributed by atoms with van der Waals surface area (Å²) in [6.07, 6.45) is 2.98. The van der Waals surface area contributed by atoms with Gasteiger partial charge in [0.05, 0.1) is 5.75 Å². The van der Waals surface area contributed by atoms with Crippen molar-refractivity contribution in [3.63, 3.8) is 0 Å². The molecule has 1 fully saturated rings. The van der Waals surface area contributed by atoms with Crippen molar-refractivity contribution in [2.75, 3.05) is 18.8 Å². The molecule has 0 aromatic rings. The maximum atomic E-state index is 11.6. The van der Waals surface area contributed by atoms with E-state index in [0.717, 1.165) is 19.3 Å². The second-order valence-electron chi connectivity index (χ2n) is 3.40. The Labute approximate surface area is 80.1 Å². The molecule has 2 N–H and O–H groups in total. The Hall–Kier alpha value is -0.130. The molecule has 0 radical (unpaired) electrons. The highest BCUT2D eigenvalue weighted by molar-refractivity contribution is 7.89. The normalized spacial score (nSPS) is 26.2. The zero-order valence-electron chi connectivity index (χ0n) is 8.07. The van der Waals surface area contributed by atoms with Gasteiger partial charge in [-0.05, 0) is 19.8 Å². The molecule has 0 aromatic heterocycles. The molecule has 1 saturated heterocycles. The summed E-state index contributed by atoms with van der Waals surface area (Å²) in [5.41, 5.74) is 5.54. The molecule has 1 heterocycles. The molecule has 5 heteroatoms. The monoisotopic (exact) mass is 206 g/mol. The first-order valence-electron chi connectivity index (χ1n) is 4.81. The van der Waals surface area contributed by atoms with Crippen LogP contribution in [-0.2, 0) is 10.0 Å². The second-order valence-corrected chi connectivity index (χ2v) is 5.61. The van der Waals surface area contributed by atoms with Gasteiger partial charge >= 0.3 is 0 Å². The number of hydrogen-bond donors (Lipinski definition) is 1. The molecule has 1 unspecified atom stereocenters. The van der Waals surface area contributed by atoms with E-state index in [2.05, 4.69) is 0 Å². The van der Waals surface area contributed by atoms with E-state index < -0.39 is 10.0 Å². The van der Waals surface area contributed by atoms with Gasteiger partial charge in [-0.3, -0.25) is 0 Å². The van der Waals surface area contributed by atoms with Crippen molar-refractivity contribution in [2.45, 2.75) is 32.2 Å². The van der Waals surface area contributed by atoms with Crippen molar-refractivity contribution in [2.24, 2.45) is 5.73 Å². The fourth-order valence-corrected chi connectivity index (χ4v) is 3.13. The molecule has 13 heavy (non-hydrogen) atoms. The van der Waals surface area contributed by atoms with Gasteiger partial charge in [0.2, 0.25) is 10.0 Å². The number of rotatable bonds is 3. The van der Waals surface area contributed by atoms with Crippen LogP contribution in [0.5, 0.6) is 0 Å². The standard InChI is InChI=1S/C8H18N2O2S/c1-2-13(11,12)10-6-4-3-5-8(10)7-9/h8H,2-7,9H2,1H3. The highest BCUT2D eigenvalue weighted by atomic mass is 32.2. The van der Waals surface area contributed by atoms with Crippen LogP contribution < -0.4 is 5.73 Å². The fourth-order valence-electron chi connectivity index (χ4n) is 1.74. The Morgan fingerprint density at radius 2 is 2.15 bits per heavy atom. The highest BCUT2D eigenvalue weighted by Gasteiger charge is 2.29. The third-order valence-corrected chi connectivity index (χ3v) is 4.49. The van der Waals surface area contributed by atoms with Crippen LogP contribution in [-0.4, -0.2) is 37.6 Å². The lowest BCUT2D eigenvalue weighted by Gasteiger charge is -2.33. The first-order valence-corrected chi connectivity index (χ1v) is 6.42. The van der Waals surface area contributed by atoms with E-state index in [4.69, 9.17) is 5.73 Å². The van der Waals surface area contributed by atoms with Gasteiger partial charge in [-0.2, -0.15) is 4.31 Å². The fraction of sp³-hybridized carbons (Fsp3) is 1.00. The van der Waals surface area contributed by atoms with E-state index in [9.17, 15) is 8.42 Å². The van der Waals surface area contributed by atoms with Gasteiger partial charge < -0.3 is 5.73 Å². The lowest BCUT2D eigenvalue weighted by atomic mass is 10.1. The van der Waals surface area contributed by atoms with Gasteiger partial charge in [-0.15, -0.1) is 0 Å². The topological polar surface area (TPSA) is 63.4 Å². The van der Waals surface area contributed by atoms with Crippen LogP contribution in [0.25, 0.3) is 0 Å². The average Bonchev–Trinajstić information content (AvgIpc) is 2.18. The lowest BCUT2D eigenvalue weighted by molar-refractivity contribution is 0.258. The van der Waals surface area contributed by atoms with Crippen LogP contribution in [0.15, 0.2) is 0 Å². The van der Waals surface area contributed by atoms with Crippen molar-refractivity contribution in [3.05, 3.63) is 0 Å². The van der Waals surface area contributed by atoms with E-state index >= 15 is 0 Å². The molecular formula is C8H18N2O2S. The third-order valence-electron chi connectivity index (χ3n) is 2.57. The van der Waals surface area contributed by atoms with Crippen molar-refractivity contribution in [3.8, 4) is 0 Å². The Morgan fingerprint density at radius 3 is 2.69 bits per heavy atom. The summed E-state index contributed by atoms with van der Waals surface area (Å²) in [5.74, 6) is 0.184. The van der Waals surface area contributed by atoms with Gasteiger partial charge in [-0.25, -0.2) is 8.42 Å². The van der Waals surface area contributed by atoms with Crippen LogP contribution in [0.4, 0.5) is 0 Å². The molecule has 1 aliphatic rings. The Bertz CT molecular complexity index is 251. The summed E-state index contributed by atoms with van der Waals surface area (Å²) >= 11 is 0. The number of hydrogen-bond acceptors (Lipinski definition) is 3. The predicted octanol–water partition coefficient (Wildman–Crippen LogP) is 0.149. The number of piperidine rings is 1. The van der Waals surface area contributed by atoms with Crippen LogP contribution in [0.1, 0.15) is 26.2 Å². The lowest BCUT2D eigenvalue weighted by Crippen LogP contribution is -2.47. The van der Waals surface area contributed by atoms with Crippen molar-refractivity contribution in [1.29, 1.82) is 0 Å². The summed E-state index contributed by atoms with van der Waals surface area (Å²) in [7, 11) is -3.03. The third kappa shape index (κ3) is 2.42. The molecule has 0 amide bonds. The van der Waals surface area contributed by atoms with Gasteiger partial charge in [-0.1, -0.05) is 6.42 Å². The first-order chi connectivity index (χ1) is 6.11. The first kappa shape index (κ1) is 10.9. The highest BCUT2D eigenvalue weighted by Crippen LogP contribution is 2.19. The van der Waals surface area contributed by atoms with E-state index in [1.165, 1.54) is 0 Å². The summed E-state index contributed by atoms with van der Waals surface area (Å²) in [6, 6.07) is 0.0405. The predicted molar refractivity (Wildman–Crippen MR) is 52.9 cm³/mol. The zero-order valence-corrected chi connectivity index (χ0v) is 8.89. The van der Waals surface area contributed by atoms with Gasteiger partial charge in [0.15, 0.2) is 0 Å². The molecule has 0 aliphatic carbocycles. The average molecular weight is 206 g/mol. The van der Waals surface area contributed by atoms with Gasteiger partial charge in [0.1, 0.15) is 0 Å². The molecule has 0 aromatic carbocycles. The van der Waals surface area contributed by atoms with Gasteiger partial charge in [0.25, 0.3) is 0 Å². The maximum Gasteiger partial charge on any atom is 0.214 e. The van der Waals surface area contributed by atoms with Crippen LogP contribution >= 0.6 is 0 Å². The second kappa shape index (κ2) is 4.39. The Kier molecular flexibility index (Phi) is 3.70. The van der Waals surface area contributed by atoms with E-state index in [1.54, 1.807) is 11.2 Å².